The highest BCUT2D eigenvalue weighted by atomic mass is 16.4. The molecule has 6 nitrogen and oxygen atoms in total. The zero-order valence-electron chi connectivity index (χ0n) is 11.5. The third-order valence-corrected chi connectivity index (χ3v) is 2.78. The zero-order chi connectivity index (χ0) is 14.3. The van der Waals surface area contributed by atoms with Gasteiger partial charge in [0, 0.05) is 38.4 Å². The molecule has 0 atom stereocenters. The molecule has 1 N–H and O–H groups in total. The van der Waals surface area contributed by atoms with Crippen LogP contribution in [0.3, 0.4) is 0 Å². The summed E-state index contributed by atoms with van der Waals surface area (Å²) in [6, 6.07) is 4.99. The molecule has 1 rings (SSSR count). The predicted molar refractivity (Wildman–Crippen MR) is 73.3 cm³/mol. The van der Waals surface area contributed by atoms with Gasteiger partial charge in [-0.05, 0) is 20.2 Å². The molecule has 6 heteroatoms. The Morgan fingerprint density at radius 2 is 2.00 bits per heavy atom. The van der Waals surface area contributed by atoms with E-state index in [1.807, 2.05) is 23.9 Å². The van der Waals surface area contributed by atoms with E-state index in [-0.39, 0.29) is 12.1 Å². The highest BCUT2D eigenvalue weighted by Crippen LogP contribution is 1.92. The maximum Gasteiger partial charge on any atom is 0.317 e. The van der Waals surface area contributed by atoms with Crippen LogP contribution in [0.5, 0.6) is 0 Å². The lowest BCUT2D eigenvalue weighted by atomic mass is 10.4. The van der Waals surface area contributed by atoms with Gasteiger partial charge in [0.15, 0.2) is 0 Å². The number of likely N-dealkylation sites (N-methyl/N-ethyl adjacent to an activating group) is 1. The fraction of sp³-hybridized carbons (Fsp3) is 0.538. The van der Waals surface area contributed by atoms with Gasteiger partial charge in [0.25, 0.3) is 5.56 Å². The topological polar surface area (TPSA) is 65.8 Å². The van der Waals surface area contributed by atoms with Gasteiger partial charge in [-0.25, -0.2) is 0 Å². The molecule has 0 fully saturated rings. The summed E-state index contributed by atoms with van der Waals surface area (Å²) in [6.07, 6.45) is 1.72. The zero-order valence-corrected chi connectivity index (χ0v) is 11.5. The van der Waals surface area contributed by atoms with Crippen LogP contribution in [0.15, 0.2) is 29.2 Å². The first-order chi connectivity index (χ1) is 8.99. The number of carbonyl (C=O) groups is 1. The van der Waals surface area contributed by atoms with Gasteiger partial charge in [-0.2, -0.15) is 0 Å². The molecule has 0 aliphatic rings. The standard InChI is InChI=1S/C13H21N3O3/c1-14(2)7-8-15(11-13(18)19)9-10-16-6-4-3-5-12(16)17/h3-6H,7-11H2,1-2H3,(H,18,19). The maximum absolute atomic E-state index is 11.5. The Morgan fingerprint density at radius 1 is 1.26 bits per heavy atom. The Bertz CT molecular complexity index is 456. The largest absolute Gasteiger partial charge is 0.480 e. The summed E-state index contributed by atoms with van der Waals surface area (Å²) < 4.78 is 1.59. The molecule has 0 unspecified atom stereocenters. The van der Waals surface area contributed by atoms with E-state index >= 15 is 0 Å². The van der Waals surface area contributed by atoms with Gasteiger partial charge in [-0.1, -0.05) is 6.07 Å². The Balaban J connectivity index is 2.54. The number of pyridine rings is 1. The first kappa shape index (κ1) is 15.4. The van der Waals surface area contributed by atoms with Crippen LogP contribution in [-0.4, -0.2) is 65.7 Å². The lowest BCUT2D eigenvalue weighted by Gasteiger charge is -2.22. The number of aromatic nitrogens is 1. The molecule has 0 spiro atoms. The average molecular weight is 267 g/mol. The van der Waals surface area contributed by atoms with Crippen LogP contribution in [0.2, 0.25) is 0 Å². The van der Waals surface area contributed by atoms with Crippen molar-refractivity contribution in [3.8, 4) is 0 Å². The number of hydrogen-bond acceptors (Lipinski definition) is 4. The quantitative estimate of drug-likeness (QED) is 0.706. The minimum atomic E-state index is -0.848. The van der Waals surface area contributed by atoms with E-state index in [2.05, 4.69) is 0 Å². The normalized spacial score (nSPS) is 11.2. The Hall–Kier alpha value is -1.66. The maximum atomic E-state index is 11.5. The van der Waals surface area contributed by atoms with Crippen LogP contribution in [0, 0.1) is 0 Å². The molecule has 0 aliphatic carbocycles. The molecule has 106 valence electrons. The first-order valence-electron chi connectivity index (χ1n) is 6.23. The smallest absolute Gasteiger partial charge is 0.317 e. The van der Waals surface area contributed by atoms with Crippen molar-refractivity contribution < 1.29 is 9.90 Å². The van der Waals surface area contributed by atoms with E-state index in [4.69, 9.17) is 5.11 Å². The molecular formula is C13H21N3O3. The Labute approximate surface area is 112 Å². The Morgan fingerprint density at radius 3 is 2.58 bits per heavy atom. The molecule has 0 radical (unpaired) electrons. The summed E-state index contributed by atoms with van der Waals surface area (Å²) in [7, 11) is 3.89. The van der Waals surface area contributed by atoms with Crippen LogP contribution in [0.1, 0.15) is 0 Å². The second-order valence-corrected chi connectivity index (χ2v) is 4.71. The second-order valence-electron chi connectivity index (χ2n) is 4.71. The molecule has 0 bridgehead atoms. The number of hydrogen-bond donors (Lipinski definition) is 1. The fourth-order valence-corrected chi connectivity index (χ4v) is 1.70. The van der Waals surface area contributed by atoms with Crippen LogP contribution in [0.25, 0.3) is 0 Å². The molecule has 0 saturated heterocycles. The molecule has 0 aliphatic heterocycles. The molecule has 0 saturated carbocycles. The van der Waals surface area contributed by atoms with Gasteiger partial charge in [0.1, 0.15) is 0 Å². The van der Waals surface area contributed by atoms with E-state index in [9.17, 15) is 9.59 Å². The van der Waals surface area contributed by atoms with Crippen LogP contribution >= 0.6 is 0 Å². The van der Waals surface area contributed by atoms with Crippen molar-refractivity contribution in [1.82, 2.24) is 14.4 Å². The van der Waals surface area contributed by atoms with Gasteiger partial charge < -0.3 is 14.6 Å². The number of nitrogens with zero attached hydrogens (tertiary/aromatic N) is 3. The van der Waals surface area contributed by atoms with Gasteiger partial charge in [0.2, 0.25) is 0 Å². The lowest BCUT2D eigenvalue weighted by molar-refractivity contribution is -0.138. The fourth-order valence-electron chi connectivity index (χ4n) is 1.70. The summed E-state index contributed by atoms with van der Waals surface area (Å²) in [6.45, 7) is 2.50. The van der Waals surface area contributed by atoms with Crippen molar-refractivity contribution >= 4 is 5.97 Å². The molecule has 1 aromatic rings. The van der Waals surface area contributed by atoms with E-state index in [0.29, 0.717) is 19.6 Å². The van der Waals surface area contributed by atoms with Crippen molar-refractivity contribution in [3.63, 3.8) is 0 Å². The van der Waals surface area contributed by atoms with E-state index in [1.54, 1.807) is 22.9 Å². The molecule has 0 aromatic carbocycles. The van der Waals surface area contributed by atoms with Crippen LogP contribution in [-0.2, 0) is 11.3 Å². The van der Waals surface area contributed by atoms with E-state index in [0.717, 1.165) is 6.54 Å². The minimum absolute atomic E-state index is 0.00454. The minimum Gasteiger partial charge on any atom is -0.480 e. The number of carboxylic acid groups (broad SMARTS) is 1. The first-order valence-corrected chi connectivity index (χ1v) is 6.23. The number of carboxylic acids is 1. The van der Waals surface area contributed by atoms with E-state index < -0.39 is 5.97 Å². The van der Waals surface area contributed by atoms with Gasteiger partial charge in [0.05, 0.1) is 6.54 Å². The summed E-state index contributed by atoms with van der Waals surface area (Å²) in [4.78, 5) is 26.2. The van der Waals surface area contributed by atoms with Gasteiger partial charge in [-0.3, -0.25) is 14.5 Å². The third kappa shape index (κ3) is 6.17. The summed E-state index contributed by atoms with van der Waals surface area (Å²) in [5.74, 6) is -0.848. The molecule has 1 aromatic heterocycles. The number of rotatable bonds is 8. The van der Waals surface area contributed by atoms with Crippen molar-refractivity contribution in [1.29, 1.82) is 0 Å². The van der Waals surface area contributed by atoms with Crippen LogP contribution in [0.4, 0.5) is 0 Å². The van der Waals surface area contributed by atoms with Gasteiger partial charge in [-0.15, -0.1) is 0 Å². The van der Waals surface area contributed by atoms with E-state index in [1.165, 1.54) is 6.07 Å². The molecule has 1 heterocycles. The van der Waals surface area contributed by atoms with Crippen molar-refractivity contribution in [2.75, 3.05) is 40.3 Å². The van der Waals surface area contributed by atoms with Crippen molar-refractivity contribution in [2.24, 2.45) is 0 Å². The highest BCUT2D eigenvalue weighted by molar-refractivity contribution is 5.69. The second kappa shape index (κ2) is 7.70. The SMILES string of the molecule is CN(C)CCN(CCn1ccccc1=O)CC(=O)O. The Kier molecular flexibility index (Phi) is 6.24. The van der Waals surface area contributed by atoms with Crippen LogP contribution < -0.4 is 5.56 Å². The van der Waals surface area contributed by atoms with Gasteiger partial charge >= 0.3 is 5.97 Å². The van der Waals surface area contributed by atoms with Crippen molar-refractivity contribution in [3.05, 3.63) is 34.7 Å². The highest BCUT2D eigenvalue weighted by Gasteiger charge is 2.10. The molecule has 0 amide bonds. The summed E-state index contributed by atoms with van der Waals surface area (Å²) >= 11 is 0. The average Bonchev–Trinajstić information content (AvgIpc) is 2.33. The summed E-state index contributed by atoms with van der Waals surface area (Å²) in [5.41, 5.74) is -0.0645. The molecule has 19 heavy (non-hydrogen) atoms. The summed E-state index contributed by atoms with van der Waals surface area (Å²) in [5, 5.41) is 8.88. The molecular weight excluding hydrogens is 246 g/mol. The third-order valence-electron chi connectivity index (χ3n) is 2.78. The predicted octanol–water partition coefficient (Wildman–Crippen LogP) is -0.203. The number of aliphatic carboxylic acids is 1. The van der Waals surface area contributed by atoms with Crippen molar-refractivity contribution in [2.45, 2.75) is 6.54 Å². The monoisotopic (exact) mass is 267 g/mol. The lowest BCUT2D eigenvalue weighted by Crippen LogP contribution is -2.38.